The van der Waals surface area contributed by atoms with Crippen LogP contribution in [0.5, 0.6) is 46.0 Å². The Morgan fingerprint density at radius 1 is 0.636 bits per heavy atom. The van der Waals surface area contributed by atoms with Gasteiger partial charge in [-0.1, -0.05) is 0 Å². The number of hydrogen-bond donors (Lipinski definition) is 0. The molecular formula is C23H28O10. The van der Waals surface area contributed by atoms with Gasteiger partial charge >= 0.3 is 0 Å². The molecule has 10 nitrogen and oxygen atoms in total. The first kappa shape index (κ1) is 24.1. The Morgan fingerprint density at radius 2 is 1.15 bits per heavy atom. The third kappa shape index (κ3) is 3.80. The summed E-state index contributed by atoms with van der Waals surface area (Å²) in [5.74, 6) is 1.96. The van der Waals surface area contributed by atoms with E-state index in [4.69, 9.17) is 42.6 Å². The average molecular weight is 464 g/mol. The summed E-state index contributed by atoms with van der Waals surface area (Å²) in [5.41, 5.74) is 0.689. The van der Waals surface area contributed by atoms with Crippen LogP contribution in [0.4, 0.5) is 0 Å². The molecular weight excluding hydrogens is 436 g/mol. The zero-order valence-electron chi connectivity index (χ0n) is 19.9. The van der Waals surface area contributed by atoms with E-state index in [1.165, 1.54) is 62.9 Å². The van der Waals surface area contributed by atoms with Gasteiger partial charge in [0.05, 0.1) is 55.3 Å². The summed E-state index contributed by atoms with van der Waals surface area (Å²) in [6.45, 7) is 0. The molecule has 0 fully saturated rings. The molecule has 2 aromatic rings. The average Bonchev–Trinajstić information content (AvgIpc) is 2.85. The van der Waals surface area contributed by atoms with Gasteiger partial charge in [0.25, 0.3) is 0 Å². The lowest BCUT2D eigenvalue weighted by molar-refractivity contribution is -0.00277. The maximum atomic E-state index is 13.5. The van der Waals surface area contributed by atoms with Crippen molar-refractivity contribution in [3.05, 3.63) is 23.3 Å². The highest BCUT2D eigenvalue weighted by molar-refractivity contribution is 6.05. The fourth-order valence-electron chi connectivity index (χ4n) is 3.94. The first-order valence-electron chi connectivity index (χ1n) is 9.89. The number of benzene rings is 2. The Labute approximate surface area is 192 Å². The maximum absolute atomic E-state index is 13.5. The molecule has 2 aromatic carbocycles. The molecule has 0 bridgehead atoms. The summed E-state index contributed by atoms with van der Waals surface area (Å²) in [6, 6.07) is 3.19. The van der Waals surface area contributed by atoms with Gasteiger partial charge in [0, 0.05) is 12.7 Å². The zero-order valence-corrected chi connectivity index (χ0v) is 19.9. The molecule has 0 saturated heterocycles. The van der Waals surface area contributed by atoms with Gasteiger partial charge in [0.1, 0.15) is 0 Å². The number of methoxy groups -OCH3 is 8. The number of rotatable bonds is 9. The number of ether oxygens (including phenoxy) is 9. The number of hydrogen-bond acceptors (Lipinski definition) is 10. The third-order valence-electron chi connectivity index (χ3n) is 5.41. The predicted octanol–water partition coefficient (Wildman–Crippen LogP) is 3.08. The van der Waals surface area contributed by atoms with Crippen LogP contribution in [0, 0.1) is 0 Å². The van der Waals surface area contributed by atoms with E-state index in [1.54, 1.807) is 6.07 Å². The fraction of sp³-hybridized carbons (Fsp3) is 0.435. The maximum Gasteiger partial charge on any atom is 0.208 e. The predicted molar refractivity (Wildman–Crippen MR) is 117 cm³/mol. The molecule has 2 atom stereocenters. The molecule has 0 saturated carbocycles. The highest BCUT2D eigenvalue weighted by atomic mass is 16.6. The van der Waals surface area contributed by atoms with Crippen LogP contribution < -0.4 is 37.9 Å². The normalized spacial score (nSPS) is 16.9. The second-order valence-corrected chi connectivity index (χ2v) is 6.85. The van der Waals surface area contributed by atoms with E-state index >= 15 is 0 Å². The van der Waals surface area contributed by atoms with E-state index in [0.29, 0.717) is 28.6 Å². The Kier molecular flexibility index (Phi) is 7.27. The van der Waals surface area contributed by atoms with Crippen LogP contribution in [0.2, 0.25) is 0 Å². The Morgan fingerprint density at radius 3 is 1.64 bits per heavy atom. The molecule has 0 radical (unpaired) electrons. The molecule has 180 valence electrons. The SMILES string of the molecule is COc1cc2c(c(OC)c1OC)OC(c1cc(OC)c(OC)c(OC)c1OC)C(OC)C2=O. The molecule has 2 unspecified atom stereocenters. The molecule has 0 aliphatic carbocycles. The van der Waals surface area contributed by atoms with E-state index in [9.17, 15) is 4.79 Å². The van der Waals surface area contributed by atoms with Crippen molar-refractivity contribution in [3.8, 4) is 46.0 Å². The minimum atomic E-state index is -1.02. The van der Waals surface area contributed by atoms with Gasteiger partial charge in [-0.2, -0.15) is 0 Å². The van der Waals surface area contributed by atoms with Crippen molar-refractivity contribution in [3.63, 3.8) is 0 Å². The molecule has 0 amide bonds. The summed E-state index contributed by atoms with van der Waals surface area (Å²) < 4.78 is 50.4. The minimum Gasteiger partial charge on any atom is -0.493 e. The van der Waals surface area contributed by atoms with Crippen LogP contribution in [-0.4, -0.2) is 68.8 Å². The van der Waals surface area contributed by atoms with Gasteiger partial charge in [-0.05, 0) is 12.1 Å². The number of carbonyl (C=O) groups is 1. The molecule has 0 N–H and O–H groups in total. The molecule has 1 heterocycles. The van der Waals surface area contributed by atoms with Crippen LogP contribution in [0.25, 0.3) is 0 Å². The summed E-state index contributed by atoms with van der Waals surface area (Å²) in [7, 11) is 11.7. The fourth-order valence-corrected chi connectivity index (χ4v) is 3.94. The number of Topliss-reactive ketones (excluding diaryl/α,β-unsaturated/α-hetero) is 1. The highest BCUT2D eigenvalue weighted by Gasteiger charge is 2.44. The van der Waals surface area contributed by atoms with Crippen molar-refractivity contribution in [1.29, 1.82) is 0 Å². The first-order chi connectivity index (χ1) is 15.9. The summed E-state index contributed by atoms with van der Waals surface area (Å²) in [6.07, 6.45) is -1.96. The third-order valence-corrected chi connectivity index (χ3v) is 5.41. The van der Waals surface area contributed by atoms with E-state index in [0.717, 1.165) is 0 Å². The van der Waals surface area contributed by atoms with Crippen molar-refractivity contribution in [1.82, 2.24) is 0 Å². The summed E-state index contributed by atoms with van der Waals surface area (Å²) in [4.78, 5) is 13.5. The van der Waals surface area contributed by atoms with Gasteiger partial charge in [-0.25, -0.2) is 0 Å². The van der Waals surface area contributed by atoms with E-state index in [2.05, 4.69) is 0 Å². The minimum absolute atomic E-state index is 0.189. The first-order valence-corrected chi connectivity index (χ1v) is 9.89. The standard InChI is InChI=1S/C23H28O10/c1-25-13-9-11-15(24)21(30-6)18(33-17(11)23(32-8)20(13)29-5)12-10-14(26-2)19(28-4)22(31-7)16(12)27-3/h9-10,18,21H,1-8H3. The van der Waals surface area contributed by atoms with E-state index < -0.39 is 12.2 Å². The largest absolute Gasteiger partial charge is 0.493 e. The van der Waals surface area contributed by atoms with Crippen molar-refractivity contribution < 1.29 is 47.4 Å². The van der Waals surface area contributed by atoms with Gasteiger partial charge in [-0.15, -0.1) is 0 Å². The van der Waals surface area contributed by atoms with Crippen molar-refractivity contribution >= 4 is 5.78 Å². The van der Waals surface area contributed by atoms with Crippen molar-refractivity contribution in [2.75, 3.05) is 56.9 Å². The van der Waals surface area contributed by atoms with Gasteiger partial charge in [0.2, 0.25) is 23.0 Å². The Bertz CT molecular complexity index is 1030. The van der Waals surface area contributed by atoms with Crippen LogP contribution in [0.15, 0.2) is 12.1 Å². The number of carbonyl (C=O) groups excluding carboxylic acids is 1. The Hall–Kier alpha value is -3.53. The summed E-state index contributed by atoms with van der Waals surface area (Å²) in [5, 5.41) is 0. The zero-order chi connectivity index (χ0) is 24.3. The molecule has 10 heteroatoms. The molecule has 3 rings (SSSR count). The highest BCUT2D eigenvalue weighted by Crippen LogP contribution is 2.54. The lowest BCUT2D eigenvalue weighted by atomic mass is 9.91. The number of ketones is 1. The molecule has 1 aliphatic heterocycles. The quantitative estimate of drug-likeness (QED) is 0.550. The van der Waals surface area contributed by atoms with Gasteiger partial charge in [-0.3, -0.25) is 4.79 Å². The van der Waals surface area contributed by atoms with Crippen molar-refractivity contribution in [2.45, 2.75) is 12.2 Å². The number of fused-ring (bicyclic) bond motifs is 1. The van der Waals surface area contributed by atoms with Crippen LogP contribution in [0.1, 0.15) is 22.0 Å². The van der Waals surface area contributed by atoms with Crippen LogP contribution in [0.3, 0.4) is 0 Å². The van der Waals surface area contributed by atoms with Crippen LogP contribution >= 0.6 is 0 Å². The second-order valence-electron chi connectivity index (χ2n) is 6.85. The van der Waals surface area contributed by atoms with Crippen LogP contribution in [-0.2, 0) is 4.74 Å². The Balaban J connectivity index is 2.30. The second kappa shape index (κ2) is 9.95. The lowest BCUT2D eigenvalue weighted by Crippen LogP contribution is -2.38. The molecule has 33 heavy (non-hydrogen) atoms. The van der Waals surface area contributed by atoms with Gasteiger partial charge in [0.15, 0.2) is 41.0 Å². The topological polar surface area (TPSA) is 100 Å². The monoisotopic (exact) mass is 464 g/mol. The lowest BCUT2D eigenvalue weighted by Gasteiger charge is -2.34. The summed E-state index contributed by atoms with van der Waals surface area (Å²) >= 11 is 0. The molecule has 1 aliphatic rings. The van der Waals surface area contributed by atoms with E-state index in [-0.39, 0.29) is 34.3 Å². The van der Waals surface area contributed by atoms with E-state index in [1.807, 2.05) is 0 Å². The smallest absolute Gasteiger partial charge is 0.208 e. The molecule has 0 spiro atoms. The molecule has 0 aromatic heterocycles. The van der Waals surface area contributed by atoms with Crippen molar-refractivity contribution in [2.24, 2.45) is 0 Å². The van der Waals surface area contributed by atoms with Gasteiger partial charge < -0.3 is 42.6 Å².